The summed E-state index contributed by atoms with van der Waals surface area (Å²) < 4.78 is 78.2. The van der Waals surface area contributed by atoms with Crippen molar-refractivity contribution in [2.75, 3.05) is 36.2 Å². The highest BCUT2D eigenvalue weighted by Gasteiger charge is 2.51. The molecule has 0 saturated carbocycles. The third-order valence-corrected chi connectivity index (χ3v) is 12.3. The highest BCUT2D eigenvalue weighted by molar-refractivity contribution is 8.03. The molecule has 5 rings (SSSR count). The molecule has 1 aliphatic carbocycles. The Morgan fingerprint density at radius 3 is 2.23 bits per heavy atom. The number of allylic oxidation sites excluding steroid dienone is 6. The topological polar surface area (TPSA) is 168 Å². The first-order valence-corrected chi connectivity index (χ1v) is 21.6. The van der Waals surface area contributed by atoms with Crippen LogP contribution in [0.2, 0.25) is 0 Å². The maximum absolute atomic E-state index is 13.7. The standard InChI is InChI=1S/C36H40N2O10S4/c1-3-47-34(39)36(35(40)48-4-2)24-26(15-17-32-37(19-9-21-51(41,42)43)28-11-5-7-13-30(28)49-32)23-27(25-36)16-18-33-38(20-10-22-52(44,45)46)29-12-6-8-14-31(29)50-33/h5-8,11-18,23H,3-4,9-10,19-22,24-25H2,1-2H3,(H-,41,42,43,44,45,46)/p+1. The lowest BCUT2D eigenvalue weighted by Crippen LogP contribution is -2.44. The molecule has 52 heavy (non-hydrogen) atoms. The van der Waals surface area contributed by atoms with Crippen LogP contribution in [0.25, 0.3) is 16.3 Å². The second-order valence-electron chi connectivity index (χ2n) is 12.2. The van der Waals surface area contributed by atoms with Crippen molar-refractivity contribution in [1.82, 2.24) is 0 Å². The molecular formula is C36H41N2O10S4+. The SMILES string of the molecule is CCOC(=O)C1(C(=O)OCC)CC(/C=C/c2sc3ccccc3[n+]2CCCS(=O)(=O)O)=CC(=C/C=C2\Sc3ccccc3N2CCCS(=O)(=O)O)/C1. The first-order valence-electron chi connectivity index (χ1n) is 16.7. The molecule has 2 aliphatic rings. The fourth-order valence-corrected chi connectivity index (χ4v) is 9.38. The van der Waals surface area contributed by atoms with Gasteiger partial charge >= 0.3 is 11.9 Å². The Kier molecular flexibility index (Phi) is 12.8. The quantitative estimate of drug-likeness (QED) is 0.0803. The van der Waals surface area contributed by atoms with Gasteiger partial charge in [0.05, 0.1) is 35.4 Å². The van der Waals surface area contributed by atoms with Gasteiger partial charge in [-0.1, -0.05) is 65.6 Å². The molecule has 0 atom stereocenters. The minimum atomic E-state index is -4.13. The zero-order chi connectivity index (χ0) is 37.5. The van der Waals surface area contributed by atoms with E-state index in [2.05, 4.69) is 0 Å². The predicted octanol–water partition coefficient (Wildman–Crippen LogP) is 5.97. The maximum atomic E-state index is 13.7. The van der Waals surface area contributed by atoms with Gasteiger partial charge in [-0.05, 0) is 68.5 Å². The van der Waals surface area contributed by atoms with Crippen LogP contribution in [0.3, 0.4) is 0 Å². The monoisotopic (exact) mass is 789 g/mol. The van der Waals surface area contributed by atoms with Crippen LogP contribution < -0.4 is 9.47 Å². The number of thioether (sulfide) groups is 1. The van der Waals surface area contributed by atoms with Crippen molar-refractivity contribution in [2.24, 2.45) is 5.41 Å². The Bertz CT molecular complexity index is 2150. The van der Waals surface area contributed by atoms with E-state index < -0.39 is 37.6 Å². The number of carbonyl (C=O) groups is 2. The molecule has 0 spiro atoms. The van der Waals surface area contributed by atoms with Crippen LogP contribution in [0.1, 0.15) is 44.5 Å². The summed E-state index contributed by atoms with van der Waals surface area (Å²) in [4.78, 5) is 30.3. The number of carbonyl (C=O) groups excluding carboxylic acids is 2. The number of esters is 2. The predicted molar refractivity (Wildman–Crippen MR) is 202 cm³/mol. The van der Waals surface area contributed by atoms with Crippen LogP contribution in [-0.2, 0) is 45.8 Å². The maximum Gasteiger partial charge on any atom is 0.324 e. The number of para-hydroxylation sites is 2. The fraction of sp³-hybridized carbons (Fsp3) is 0.361. The second-order valence-corrected chi connectivity index (χ2v) is 17.5. The van der Waals surface area contributed by atoms with E-state index in [0.29, 0.717) is 24.2 Å². The molecule has 12 nitrogen and oxygen atoms in total. The number of hydrogen-bond donors (Lipinski definition) is 2. The van der Waals surface area contributed by atoms with Crippen molar-refractivity contribution in [2.45, 2.75) is 51.0 Å². The molecule has 0 fully saturated rings. The molecule has 0 bridgehead atoms. The van der Waals surface area contributed by atoms with Gasteiger partial charge in [0.2, 0.25) is 5.52 Å². The van der Waals surface area contributed by atoms with E-state index in [1.54, 1.807) is 13.8 Å². The Hall–Kier alpha value is -3.80. The lowest BCUT2D eigenvalue weighted by molar-refractivity contribution is -0.668. The third-order valence-electron chi connectivity index (χ3n) is 8.44. The molecule has 0 radical (unpaired) electrons. The third kappa shape index (κ3) is 9.79. The summed E-state index contributed by atoms with van der Waals surface area (Å²) in [7, 11) is -8.27. The van der Waals surface area contributed by atoms with Crippen molar-refractivity contribution >= 4 is 77.3 Å². The molecule has 1 aromatic heterocycles. The van der Waals surface area contributed by atoms with Crippen molar-refractivity contribution in [3.8, 4) is 0 Å². The second kappa shape index (κ2) is 16.9. The molecule has 2 N–H and O–H groups in total. The van der Waals surface area contributed by atoms with Crippen LogP contribution >= 0.6 is 23.1 Å². The van der Waals surface area contributed by atoms with Crippen LogP contribution in [0.4, 0.5) is 5.69 Å². The van der Waals surface area contributed by atoms with Gasteiger partial charge in [-0.2, -0.15) is 21.4 Å². The number of hydrogen-bond acceptors (Lipinski definition) is 11. The summed E-state index contributed by atoms with van der Waals surface area (Å²) in [6.45, 7) is 4.14. The van der Waals surface area contributed by atoms with Gasteiger partial charge in [0.15, 0.2) is 12.0 Å². The average molecular weight is 790 g/mol. The number of ether oxygens (including phenoxy) is 2. The number of nitrogens with zero attached hydrogens (tertiary/aromatic N) is 2. The number of aryl methyl sites for hydroxylation is 1. The van der Waals surface area contributed by atoms with Crippen LogP contribution in [0, 0.1) is 5.41 Å². The highest BCUT2D eigenvalue weighted by atomic mass is 32.2. The number of rotatable bonds is 15. The summed E-state index contributed by atoms with van der Waals surface area (Å²) in [6, 6.07) is 15.4. The van der Waals surface area contributed by atoms with Crippen molar-refractivity contribution in [3.63, 3.8) is 0 Å². The van der Waals surface area contributed by atoms with Crippen LogP contribution in [-0.4, -0.2) is 69.1 Å². The normalized spacial score (nSPS) is 17.5. The summed E-state index contributed by atoms with van der Waals surface area (Å²) in [5.74, 6) is -2.15. The zero-order valence-corrected chi connectivity index (χ0v) is 32.0. The molecule has 0 amide bonds. The molecule has 278 valence electrons. The molecule has 3 aromatic rings. The van der Waals surface area contributed by atoms with Crippen molar-refractivity contribution in [3.05, 3.63) is 94.0 Å². The smallest absolute Gasteiger partial charge is 0.324 e. The molecule has 0 unspecified atom stereocenters. The lowest BCUT2D eigenvalue weighted by Gasteiger charge is -2.33. The Balaban J connectivity index is 1.55. The van der Waals surface area contributed by atoms with E-state index in [0.717, 1.165) is 30.8 Å². The summed E-state index contributed by atoms with van der Waals surface area (Å²) >= 11 is 2.99. The molecular weight excluding hydrogens is 749 g/mol. The van der Waals surface area contributed by atoms with E-state index >= 15 is 0 Å². The van der Waals surface area contributed by atoms with Gasteiger partial charge in [0.1, 0.15) is 4.70 Å². The molecule has 1 aliphatic heterocycles. The lowest BCUT2D eigenvalue weighted by atomic mass is 9.71. The molecule has 0 saturated heterocycles. The van der Waals surface area contributed by atoms with E-state index in [9.17, 15) is 35.5 Å². The van der Waals surface area contributed by atoms with Gasteiger partial charge in [-0.15, -0.1) is 0 Å². The zero-order valence-electron chi connectivity index (χ0n) is 28.8. The molecule has 2 heterocycles. The molecule has 2 aromatic carbocycles. The summed E-state index contributed by atoms with van der Waals surface area (Å²) in [5.41, 5.74) is 1.46. The number of thiazole rings is 1. The van der Waals surface area contributed by atoms with Gasteiger partial charge in [0.25, 0.3) is 25.2 Å². The van der Waals surface area contributed by atoms with Gasteiger partial charge in [0, 0.05) is 30.0 Å². The van der Waals surface area contributed by atoms with E-state index in [1.807, 2.05) is 88.4 Å². The summed E-state index contributed by atoms with van der Waals surface area (Å²) in [5, 5.41) is 1.60. The van der Waals surface area contributed by atoms with Crippen molar-refractivity contribution < 1.29 is 49.6 Å². The molecule has 16 heteroatoms. The van der Waals surface area contributed by atoms with Gasteiger partial charge in [-0.25, -0.2) is 0 Å². The van der Waals surface area contributed by atoms with E-state index in [-0.39, 0.29) is 50.4 Å². The number of aromatic nitrogens is 1. The van der Waals surface area contributed by atoms with Gasteiger partial charge in [-0.3, -0.25) is 18.7 Å². The van der Waals surface area contributed by atoms with Gasteiger partial charge < -0.3 is 14.4 Å². The first kappa shape index (κ1) is 39.4. The number of benzene rings is 2. The van der Waals surface area contributed by atoms with E-state index in [4.69, 9.17) is 9.47 Å². The fourth-order valence-electron chi connectivity index (χ4n) is 6.21. The summed E-state index contributed by atoms with van der Waals surface area (Å²) in [6.07, 6.45) is 9.74. The number of anilines is 1. The largest absolute Gasteiger partial charge is 0.465 e. The van der Waals surface area contributed by atoms with Crippen LogP contribution in [0.5, 0.6) is 0 Å². The van der Waals surface area contributed by atoms with E-state index in [1.165, 1.54) is 23.1 Å². The van der Waals surface area contributed by atoms with Crippen molar-refractivity contribution in [1.29, 1.82) is 0 Å². The minimum Gasteiger partial charge on any atom is -0.465 e. The Morgan fingerprint density at radius 1 is 0.885 bits per heavy atom. The highest BCUT2D eigenvalue weighted by Crippen LogP contribution is 2.47. The average Bonchev–Trinajstić information content (AvgIpc) is 3.62. The Labute approximate surface area is 312 Å². The minimum absolute atomic E-state index is 0.0185. The number of fused-ring (bicyclic) bond motifs is 2. The van der Waals surface area contributed by atoms with Crippen LogP contribution in [0.15, 0.2) is 93.9 Å². The first-order chi connectivity index (χ1) is 24.7. The Morgan fingerprint density at radius 2 is 1.54 bits per heavy atom.